The third kappa shape index (κ3) is 10.00. The van der Waals surface area contributed by atoms with Crippen LogP contribution in [0.1, 0.15) is 125 Å². The highest BCUT2D eigenvalue weighted by molar-refractivity contribution is 7.90. The second-order valence-corrected chi connectivity index (χ2v) is 23.0. The zero-order valence-corrected chi connectivity index (χ0v) is 41.7. The second-order valence-electron chi connectivity index (χ2n) is 21.3. The number of hydrogen-bond donors (Lipinski definition) is 5. The molecule has 3 atom stereocenters. The van der Waals surface area contributed by atoms with Gasteiger partial charge in [0.25, 0.3) is 27.5 Å². The van der Waals surface area contributed by atoms with Gasteiger partial charge in [-0.1, -0.05) is 38.1 Å². The first-order valence-electron chi connectivity index (χ1n) is 25.2. The molecule has 5 aromatic rings. The third-order valence-electron chi connectivity index (χ3n) is 15.8. The van der Waals surface area contributed by atoms with Crippen molar-refractivity contribution in [2.75, 3.05) is 43.1 Å². The molecule has 2 saturated heterocycles. The van der Waals surface area contributed by atoms with Crippen LogP contribution in [0.4, 0.5) is 17.1 Å². The number of pyridine rings is 1. The molecule has 4 fully saturated rings. The van der Waals surface area contributed by atoms with Gasteiger partial charge in [0.05, 0.1) is 33.1 Å². The zero-order chi connectivity index (χ0) is 49.8. The number of likely N-dealkylation sites (tertiary alicyclic amines) is 1. The molecule has 5 aliphatic rings. The van der Waals surface area contributed by atoms with Crippen LogP contribution in [0.5, 0.6) is 23.1 Å². The minimum atomic E-state index is -4.74. The number of piperidine rings is 1. The molecule has 18 heteroatoms. The van der Waals surface area contributed by atoms with Crippen molar-refractivity contribution in [2.45, 2.75) is 133 Å². The number of carbonyl (C=O) groups is 1. The fourth-order valence-electron chi connectivity index (χ4n) is 11.8. The molecule has 17 nitrogen and oxygen atoms in total. The predicted octanol–water partition coefficient (Wildman–Crippen LogP) is 8.97. The monoisotopic (exact) mass is 991 g/mol. The highest BCUT2D eigenvalue weighted by Gasteiger charge is 2.50. The van der Waals surface area contributed by atoms with E-state index in [9.17, 15) is 33.5 Å². The molecule has 1 amide bonds. The Morgan fingerprint density at radius 2 is 1.76 bits per heavy atom. The highest BCUT2D eigenvalue weighted by Crippen LogP contribution is 2.54. The van der Waals surface area contributed by atoms with Gasteiger partial charge in [0.15, 0.2) is 17.2 Å². The number of nitro benzene ring substituents is 1. The number of rotatable bonds is 14. The molecule has 378 valence electrons. The van der Waals surface area contributed by atoms with Crippen LogP contribution in [0, 0.1) is 21.4 Å². The van der Waals surface area contributed by atoms with E-state index in [1.807, 2.05) is 0 Å². The van der Waals surface area contributed by atoms with Gasteiger partial charge in [0.1, 0.15) is 24.6 Å². The van der Waals surface area contributed by atoms with Gasteiger partial charge in [-0.2, -0.15) is 4.98 Å². The molecule has 3 aliphatic heterocycles. The first kappa shape index (κ1) is 48.7. The van der Waals surface area contributed by atoms with Gasteiger partial charge in [-0.15, -0.1) is 0 Å². The lowest BCUT2D eigenvalue weighted by Crippen LogP contribution is -2.54. The van der Waals surface area contributed by atoms with Crippen molar-refractivity contribution in [3.8, 4) is 23.1 Å². The number of amides is 1. The summed E-state index contributed by atoms with van der Waals surface area (Å²) in [6.07, 6.45) is 10.2. The van der Waals surface area contributed by atoms with Crippen LogP contribution in [0.2, 0.25) is 0 Å². The smallest absolute Gasteiger partial charge is 0.297 e. The lowest BCUT2D eigenvalue weighted by atomic mass is 9.59. The van der Waals surface area contributed by atoms with Gasteiger partial charge in [-0.3, -0.25) is 19.8 Å². The number of aromatic nitrogens is 2. The number of ether oxygens (including phenoxy) is 3. The van der Waals surface area contributed by atoms with Gasteiger partial charge in [-0.05, 0) is 137 Å². The standard InChI is InChI=1S/C53H65N7O10S/c1-32(2)39-8-5-6-9-40(39)43-10-7-21-59(43)37-28-53(29-37)18-22-58(23-19-53)36-11-12-41(45(25-36)70-47-24-35-15-20-54-49(35)56-51(47)69-30-33(3)61)50(62)57-71(66,67)38-26-44(60(64)65)48-46(27-38)68-31-42(55-48)34-13-16-52(4,63)17-14-34/h5-6,8-9,11-12,15,20,24-27,32-34,37,42-43,55,61,63H,7,10,13-14,16-19,21-23,28-31H2,1-4H3,(H,54,56)(H,57,62)/t33-,34?,42-,43-,52?/m1/s1. The average molecular weight is 992 g/mol. The maximum absolute atomic E-state index is 14.3. The number of nitrogens with zero attached hydrogens (tertiary/aromatic N) is 4. The van der Waals surface area contributed by atoms with E-state index in [2.05, 4.69) is 67.9 Å². The Balaban J connectivity index is 0.891. The number of fused-ring (bicyclic) bond motifs is 2. The summed E-state index contributed by atoms with van der Waals surface area (Å²) in [4.78, 5) is 38.3. The molecule has 1 spiro atoms. The van der Waals surface area contributed by atoms with Crippen LogP contribution < -0.4 is 29.1 Å². The van der Waals surface area contributed by atoms with Gasteiger partial charge in [0, 0.05) is 60.6 Å². The maximum Gasteiger partial charge on any atom is 0.297 e. The van der Waals surface area contributed by atoms with Crippen LogP contribution in [0.3, 0.4) is 0 Å². The first-order valence-corrected chi connectivity index (χ1v) is 26.6. The largest absolute Gasteiger partial charge is 0.489 e. The van der Waals surface area contributed by atoms with E-state index in [1.165, 1.54) is 36.1 Å². The zero-order valence-electron chi connectivity index (χ0n) is 40.9. The van der Waals surface area contributed by atoms with E-state index in [0.29, 0.717) is 54.7 Å². The predicted molar refractivity (Wildman–Crippen MR) is 269 cm³/mol. The molecule has 2 aromatic heterocycles. The van der Waals surface area contributed by atoms with Gasteiger partial charge >= 0.3 is 0 Å². The Morgan fingerprint density at radius 3 is 2.49 bits per heavy atom. The number of aliphatic hydroxyl groups is 2. The summed E-state index contributed by atoms with van der Waals surface area (Å²) in [6, 6.07) is 20.3. The van der Waals surface area contributed by atoms with Crippen LogP contribution in [0.25, 0.3) is 11.0 Å². The lowest BCUT2D eigenvalue weighted by Gasteiger charge is -2.56. The number of benzene rings is 3. The van der Waals surface area contributed by atoms with Crippen LogP contribution in [-0.2, 0) is 10.0 Å². The summed E-state index contributed by atoms with van der Waals surface area (Å²) >= 11 is 0. The van der Waals surface area contributed by atoms with Gasteiger partial charge in [0.2, 0.25) is 0 Å². The van der Waals surface area contributed by atoms with E-state index in [0.717, 1.165) is 57.1 Å². The third-order valence-corrected chi connectivity index (χ3v) is 17.1. The molecule has 5 N–H and O–H groups in total. The van der Waals surface area contributed by atoms with E-state index < -0.39 is 43.1 Å². The number of nitrogens with one attached hydrogen (secondary N) is 3. The Morgan fingerprint density at radius 1 is 1.00 bits per heavy atom. The number of hydrogen-bond acceptors (Lipinski definition) is 14. The Hall–Kier alpha value is -5.95. The summed E-state index contributed by atoms with van der Waals surface area (Å²) in [5.41, 5.74) is 3.12. The summed E-state index contributed by atoms with van der Waals surface area (Å²) in [5.74, 6) is -0.290. The number of H-pyrrole nitrogens is 1. The Labute approximate surface area is 414 Å². The SMILES string of the molecule is CC(C)c1ccccc1[C@H]1CCCN1C1CC2(CCN(c3ccc(C(=O)NS(=O)(=O)c4cc5c(c([N+](=O)[O-])c4)N[C@@H](C4CCC(C)(O)CC4)CO5)c(Oc4cc5cc[nH]c5nc4OC[C@@H](C)O)c3)CC2)C1. The van der Waals surface area contributed by atoms with Crippen molar-refractivity contribution < 1.29 is 42.6 Å². The van der Waals surface area contributed by atoms with Crippen molar-refractivity contribution in [3.05, 3.63) is 99.7 Å². The number of aromatic amines is 1. The quantitative estimate of drug-likeness (QED) is 0.0518. The summed E-state index contributed by atoms with van der Waals surface area (Å²) in [7, 11) is -4.74. The van der Waals surface area contributed by atoms with E-state index in [4.69, 9.17) is 14.2 Å². The van der Waals surface area contributed by atoms with Gasteiger partial charge < -0.3 is 39.6 Å². The Bertz CT molecular complexity index is 2910. The van der Waals surface area contributed by atoms with Crippen molar-refractivity contribution in [1.82, 2.24) is 19.6 Å². The van der Waals surface area contributed by atoms with Crippen molar-refractivity contribution in [2.24, 2.45) is 11.3 Å². The number of sulfonamides is 1. The molecular weight excluding hydrogens is 927 g/mol. The number of nitro groups is 1. The van der Waals surface area contributed by atoms with E-state index >= 15 is 0 Å². The van der Waals surface area contributed by atoms with Crippen LogP contribution >= 0.6 is 0 Å². The minimum Gasteiger partial charge on any atom is -0.489 e. The fourth-order valence-corrected chi connectivity index (χ4v) is 12.8. The summed E-state index contributed by atoms with van der Waals surface area (Å²) < 4.78 is 48.8. The molecular formula is C53H65N7O10S. The van der Waals surface area contributed by atoms with Crippen molar-refractivity contribution in [3.63, 3.8) is 0 Å². The molecule has 3 aromatic carbocycles. The molecule has 71 heavy (non-hydrogen) atoms. The molecule has 5 heterocycles. The van der Waals surface area contributed by atoms with Crippen molar-refractivity contribution in [1.29, 1.82) is 0 Å². The maximum atomic E-state index is 14.3. The van der Waals surface area contributed by atoms with Crippen LogP contribution in [0.15, 0.2) is 77.8 Å². The molecule has 2 aliphatic carbocycles. The minimum absolute atomic E-state index is 0.0229. The molecule has 2 saturated carbocycles. The number of anilines is 2. The molecule has 0 unspecified atom stereocenters. The molecule has 10 rings (SSSR count). The summed E-state index contributed by atoms with van der Waals surface area (Å²) in [6.45, 7) is 10.7. The van der Waals surface area contributed by atoms with Crippen molar-refractivity contribution >= 4 is 44.0 Å². The highest BCUT2D eigenvalue weighted by atomic mass is 32.2. The second kappa shape index (κ2) is 19.2. The first-order chi connectivity index (χ1) is 33.9. The topological polar surface area (TPSA) is 222 Å². The molecule has 0 radical (unpaired) electrons. The summed E-state index contributed by atoms with van der Waals surface area (Å²) in [5, 5.41) is 37.0. The Kier molecular flexibility index (Phi) is 13.2. The number of carbonyl (C=O) groups excluding carboxylic acids is 1. The normalized spacial score (nSPS) is 23.9. The van der Waals surface area contributed by atoms with Crippen LogP contribution in [-0.4, -0.2) is 101 Å². The lowest BCUT2D eigenvalue weighted by molar-refractivity contribution is -0.384. The number of aliphatic hydroxyl groups excluding tert-OH is 1. The van der Waals surface area contributed by atoms with E-state index in [-0.39, 0.29) is 65.0 Å². The molecule has 0 bridgehead atoms. The average Bonchev–Trinajstić information content (AvgIpc) is 4.02. The van der Waals surface area contributed by atoms with Gasteiger partial charge in [-0.25, -0.2) is 13.1 Å². The van der Waals surface area contributed by atoms with E-state index in [1.54, 1.807) is 44.3 Å². The fraction of sp³-hybridized carbons (Fsp3) is 0.509.